The number of allylic oxidation sites excluding steroid dienone is 3. The second kappa shape index (κ2) is 4.78. The lowest BCUT2D eigenvalue weighted by Crippen LogP contribution is -2.27. The third-order valence-electron chi connectivity index (χ3n) is 4.46. The number of rotatable bonds is 3. The number of carbonyl (C=O) groups excluding carboxylic acids is 1. The first-order valence-corrected chi connectivity index (χ1v) is 6.92. The van der Waals surface area contributed by atoms with Crippen LogP contribution in [0.3, 0.4) is 0 Å². The van der Waals surface area contributed by atoms with Crippen LogP contribution in [0.4, 0.5) is 0 Å². The molecule has 2 rings (SSSR count). The Morgan fingerprint density at radius 3 is 2.74 bits per heavy atom. The van der Waals surface area contributed by atoms with Gasteiger partial charge in [0.1, 0.15) is 5.60 Å². The molecule has 106 valence electrons. The van der Waals surface area contributed by atoms with Crippen molar-refractivity contribution in [1.29, 1.82) is 0 Å². The fourth-order valence-electron chi connectivity index (χ4n) is 3.01. The molecule has 0 radical (unpaired) electrons. The Kier molecular flexibility index (Phi) is 3.61. The number of epoxide rings is 1. The summed E-state index contributed by atoms with van der Waals surface area (Å²) < 4.78 is 10.2. The highest BCUT2D eigenvalue weighted by Gasteiger charge is 2.56. The normalized spacial score (nSPS) is 37.0. The summed E-state index contributed by atoms with van der Waals surface area (Å²) >= 11 is 0. The molecule has 0 N–H and O–H groups in total. The van der Waals surface area contributed by atoms with E-state index in [0.717, 1.165) is 6.42 Å². The first-order chi connectivity index (χ1) is 8.80. The predicted octanol–water partition coefficient (Wildman–Crippen LogP) is 3.26. The maximum absolute atomic E-state index is 11.4. The quantitative estimate of drug-likeness (QED) is 0.446. The van der Waals surface area contributed by atoms with Gasteiger partial charge in [0.15, 0.2) is 6.10 Å². The summed E-state index contributed by atoms with van der Waals surface area (Å²) in [6, 6.07) is 0. The van der Waals surface area contributed by atoms with Crippen molar-refractivity contribution in [2.45, 2.75) is 52.2 Å². The Labute approximate surface area is 115 Å². The minimum Gasteiger partial charge on any atom is -0.467 e. The zero-order chi connectivity index (χ0) is 14.3. The fourth-order valence-corrected chi connectivity index (χ4v) is 3.01. The molecule has 0 aromatic carbocycles. The third-order valence-corrected chi connectivity index (χ3v) is 4.46. The number of carbonyl (C=O) groups is 1. The van der Waals surface area contributed by atoms with Gasteiger partial charge in [-0.2, -0.15) is 0 Å². The van der Waals surface area contributed by atoms with E-state index in [2.05, 4.69) is 32.9 Å². The highest BCUT2D eigenvalue weighted by Crippen LogP contribution is 2.44. The van der Waals surface area contributed by atoms with Gasteiger partial charge in [0.2, 0.25) is 0 Å². The molecule has 1 aliphatic heterocycles. The van der Waals surface area contributed by atoms with E-state index in [1.54, 1.807) is 0 Å². The molecule has 0 bridgehead atoms. The molecule has 3 heteroatoms. The molecule has 0 aromatic rings. The lowest BCUT2D eigenvalue weighted by Gasteiger charge is -2.36. The molecule has 1 saturated heterocycles. The molecule has 0 saturated carbocycles. The van der Waals surface area contributed by atoms with Crippen molar-refractivity contribution in [2.75, 3.05) is 7.11 Å². The number of ether oxygens (including phenoxy) is 2. The van der Waals surface area contributed by atoms with Gasteiger partial charge >= 0.3 is 5.97 Å². The van der Waals surface area contributed by atoms with Crippen LogP contribution in [0, 0.1) is 11.3 Å². The Morgan fingerprint density at radius 2 is 2.16 bits per heavy atom. The lowest BCUT2D eigenvalue weighted by molar-refractivity contribution is -0.142. The van der Waals surface area contributed by atoms with Crippen molar-refractivity contribution in [2.24, 2.45) is 11.3 Å². The SMILES string of the molecule is COC(=O)[C@@H]1O[C@]1(C)/C=C/[C@H]1C(C)=CCCC1(C)C. The van der Waals surface area contributed by atoms with Crippen molar-refractivity contribution in [1.82, 2.24) is 0 Å². The molecule has 3 atom stereocenters. The Bertz CT molecular complexity index is 433. The van der Waals surface area contributed by atoms with Gasteiger partial charge in [-0.1, -0.05) is 37.6 Å². The molecular formula is C16H24O3. The predicted molar refractivity (Wildman–Crippen MR) is 74.7 cm³/mol. The molecular weight excluding hydrogens is 240 g/mol. The van der Waals surface area contributed by atoms with E-state index >= 15 is 0 Å². The van der Waals surface area contributed by atoms with Crippen LogP contribution in [-0.2, 0) is 14.3 Å². The largest absolute Gasteiger partial charge is 0.467 e. The third kappa shape index (κ3) is 2.76. The molecule has 19 heavy (non-hydrogen) atoms. The molecule has 0 aromatic heterocycles. The van der Waals surface area contributed by atoms with E-state index in [4.69, 9.17) is 9.47 Å². The van der Waals surface area contributed by atoms with E-state index in [-0.39, 0.29) is 11.4 Å². The topological polar surface area (TPSA) is 38.8 Å². The lowest BCUT2D eigenvalue weighted by atomic mass is 9.68. The monoisotopic (exact) mass is 264 g/mol. The summed E-state index contributed by atoms with van der Waals surface area (Å²) in [6.07, 6.45) is 8.45. The smallest absolute Gasteiger partial charge is 0.338 e. The van der Waals surface area contributed by atoms with E-state index in [0.29, 0.717) is 5.92 Å². The first kappa shape index (κ1) is 14.3. The molecule has 1 aliphatic carbocycles. The number of esters is 1. The van der Waals surface area contributed by atoms with Crippen LogP contribution in [0.2, 0.25) is 0 Å². The molecule has 1 heterocycles. The zero-order valence-electron chi connectivity index (χ0n) is 12.5. The van der Waals surface area contributed by atoms with Gasteiger partial charge in [-0.25, -0.2) is 4.79 Å². The highest BCUT2D eigenvalue weighted by atomic mass is 16.6. The second-order valence-corrected chi connectivity index (χ2v) is 6.52. The van der Waals surface area contributed by atoms with Gasteiger partial charge in [0, 0.05) is 5.92 Å². The summed E-state index contributed by atoms with van der Waals surface area (Å²) in [5.74, 6) is 0.128. The number of methoxy groups -OCH3 is 1. The van der Waals surface area contributed by atoms with Gasteiger partial charge in [0.25, 0.3) is 0 Å². The number of hydrogen-bond acceptors (Lipinski definition) is 3. The summed E-state index contributed by atoms with van der Waals surface area (Å²) in [7, 11) is 1.39. The molecule has 0 spiro atoms. The second-order valence-electron chi connectivity index (χ2n) is 6.52. The molecule has 0 amide bonds. The summed E-state index contributed by atoms with van der Waals surface area (Å²) in [6.45, 7) is 8.71. The van der Waals surface area contributed by atoms with Crippen molar-refractivity contribution in [3.05, 3.63) is 23.8 Å². The van der Waals surface area contributed by atoms with E-state index < -0.39 is 11.7 Å². The van der Waals surface area contributed by atoms with Crippen LogP contribution in [0.5, 0.6) is 0 Å². The minimum absolute atomic E-state index is 0.265. The van der Waals surface area contributed by atoms with Crippen LogP contribution >= 0.6 is 0 Å². The molecule has 3 nitrogen and oxygen atoms in total. The van der Waals surface area contributed by atoms with Gasteiger partial charge < -0.3 is 9.47 Å². The highest BCUT2D eigenvalue weighted by molar-refractivity contribution is 5.79. The Hall–Kier alpha value is -1.09. The van der Waals surface area contributed by atoms with Crippen molar-refractivity contribution < 1.29 is 14.3 Å². The van der Waals surface area contributed by atoms with Crippen molar-refractivity contribution >= 4 is 5.97 Å². The molecule has 2 aliphatic rings. The van der Waals surface area contributed by atoms with Gasteiger partial charge in [-0.15, -0.1) is 0 Å². The average molecular weight is 264 g/mol. The summed E-state index contributed by atoms with van der Waals surface area (Å²) in [4.78, 5) is 11.4. The zero-order valence-corrected chi connectivity index (χ0v) is 12.5. The van der Waals surface area contributed by atoms with Gasteiger partial charge in [0.05, 0.1) is 7.11 Å². The fraction of sp³-hybridized carbons (Fsp3) is 0.688. The van der Waals surface area contributed by atoms with Crippen LogP contribution < -0.4 is 0 Å². The Balaban J connectivity index is 2.09. The van der Waals surface area contributed by atoms with Crippen LogP contribution in [0.15, 0.2) is 23.8 Å². The van der Waals surface area contributed by atoms with Crippen LogP contribution in [0.1, 0.15) is 40.5 Å². The van der Waals surface area contributed by atoms with E-state index in [1.165, 1.54) is 19.1 Å². The van der Waals surface area contributed by atoms with Gasteiger partial charge in [-0.3, -0.25) is 0 Å². The average Bonchev–Trinajstić information content (AvgIpc) is 2.99. The Morgan fingerprint density at radius 1 is 1.47 bits per heavy atom. The van der Waals surface area contributed by atoms with Crippen molar-refractivity contribution in [3.63, 3.8) is 0 Å². The van der Waals surface area contributed by atoms with Crippen LogP contribution in [-0.4, -0.2) is 24.8 Å². The minimum atomic E-state index is -0.485. The molecule has 0 unspecified atom stereocenters. The standard InChI is InChI=1S/C16H24O3/c1-11-7-6-9-15(2,3)12(11)8-10-16(4)13(19-16)14(17)18-5/h7-8,10,12-13H,6,9H2,1-5H3/b10-8+/t12-,13-,16+/m0/s1. The first-order valence-electron chi connectivity index (χ1n) is 6.92. The summed E-state index contributed by atoms with van der Waals surface area (Å²) in [5.41, 5.74) is 1.19. The molecule has 1 fully saturated rings. The maximum Gasteiger partial charge on any atom is 0.338 e. The van der Waals surface area contributed by atoms with Crippen molar-refractivity contribution in [3.8, 4) is 0 Å². The maximum atomic E-state index is 11.4. The van der Waals surface area contributed by atoms with Gasteiger partial charge in [-0.05, 0) is 32.1 Å². The van der Waals surface area contributed by atoms with E-state index in [1.807, 2.05) is 13.0 Å². The van der Waals surface area contributed by atoms with E-state index in [9.17, 15) is 4.79 Å². The number of hydrogen-bond donors (Lipinski definition) is 0. The summed E-state index contributed by atoms with van der Waals surface area (Å²) in [5, 5.41) is 0. The van der Waals surface area contributed by atoms with Crippen LogP contribution in [0.25, 0.3) is 0 Å².